The largest absolute Gasteiger partial charge is 0.497 e. The van der Waals surface area contributed by atoms with Gasteiger partial charge >= 0.3 is 0 Å². The first-order valence-electron chi connectivity index (χ1n) is 5.30. The van der Waals surface area contributed by atoms with Crippen molar-refractivity contribution in [1.82, 2.24) is 0 Å². The van der Waals surface area contributed by atoms with Gasteiger partial charge in [-0.2, -0.15) is 0 Å². The van der Waals surface area contributed by atoms with Crippen LogP contribution in [0.2, 0.25) is 5.22 Å². The number of aliphatic hydroxyl groups excluding tert-OH is 1. The van der Waals surface area contributed by atoms with Crippen molar-refractivity contribution in [2.75, 3.05) is 14.2 Å². The molecule has 2 aromatic rings. The van der Waals surface area contributed by atoms with Gasteiger partial charge in [0.2, 0.25) is 0 Å². The molecule has 1 aromatic heterocycles. The van der Waals surface area contributed by atoms with Crippen molar-refractivity contribution in [1.29, 1.82) is 0 Å². The molecule has 1 N–H and O–H groups in total. The summed E-state index contributed by atoms with van der Waals surface area (Å²) >= 11 is 5.86. The SMILES string of the molecule is COc1ccc(OC)c(C(O)c2ccoc2Cl)c1. The summed E-state index contributed by atoms with van der Waals surface area (Å²) < 4.78 is 15.3. The minimum atomic E-state index is -0.929. The van der Waals surface area contributed by atoms with Crippen LogP contribution < -0.4 is 9.47 Å². The van der Waals surface area contributed by atoms with Gasteiger partial charge in [-0.25, -0.2) is 0 Å². The van der Waals surface area contributed by atoms with Crippen LogP contribution in [0.4, 0.5) is 0 Å². The number of hydrogen-bond donors (Lipinski definition) is 1. The topological polar surface area (TPSA) is 51.8 Å². The standard InChI is InChI=1S/C13H13ClO4/c1-16-8-3-4-11(17-2)10(7-8)12(15)9-5-6-18-13(9)14/h3-7,12,15H,1-2H3. The van der Waals surface area contributed by atoms with E-state index in [9.17, 15) is 5.11 Å². The van der Waals surface area contributed by atoms with E-state index in [1.54, 1.807) is 31.4 Å². The van der Waals surface area contributed by atoms with E-state index in [4.69, 9.17) is 25.5 Å². The lowest BCUT2D eigenvalue weighted by molar-refractivity contribution is 0.213. The van der Waals surface area contributed by atoms with Gasteiger partial charge < -0.3 is 19.0 Å². The Morgan fingerprint density at radius 3 is 2.50 bits per heavy atom. The summed E-state index contributed by atoms with van der Waals surface area (Å²) in [6.07, 6.45) is 0.495. The van der Waals surface area contributed by atoms with Crippen LogP contribution in [-0.2, 0) is 0 Å². The van der Waals surface area contributed by atoms with Gasteiger partial charge in [0.1, 0.15) is 17.6 Å². The van der Waals surface area contributed by atoms with Gasteiger partial charge in [0, 0.05) is 11.1 Å². The van der Waals surface area contributed by atoms with Crippen molar-refractivity contribution < 1.29 is 19.0 Å². The van der Waals surface area contributed by atoms with Crippen molar-refractivity contribution >= 4 is 11.6 Å². The van der Waals surface area contributed by atoms with E-state index >= 15 is 0 Å². The number of ether oxygens (including phenoxy) is 2. The molecule has 96 valence electrons. The number of halogens is 1. The third kappa shape index (κ3) is 2.30. The van der Waals surface area contributed by atoms with E-state index in [1.807, 2.05) is 0 Å². The lowest BCUT2D eigenvalue weighted by Crippen LogP contribution is -2.02. The molecule has 0 amide bonds. The van der Waals surface area contributed by atoms with Gasteiger partial charge in [0.15, 0.2) is 5.22 Å². The fraction of sp³-hybridized carbons (Fsp3) is 0.231. The summed E-state index contributed by atoms with van der Waals surface area (Å²) in [7, 11) is 3.10. The van der Waals surface area contributed by atoms with Crippen LogP contribution in [0.5, 0.6) is 11.5 Å². The third-order valence-corrected chi connectivity index (χ3v) is 2.98. The lowest BCUT2D eigenvalue weighted by atomic mass is 10.0. The average Bonchev–Trinajstić information content (AvgIpc) is 2.83. The van der Waals surface area contributed by atoms with Crippen LogP contribution in [0.25, 0.3) is 0 Å². The van der Waals surface area contributed by atoms with Crippen LogP contribution in [0.15, 0.2) is 34.9 Å². The minimum absolute atomic E-state index is 0.160. The Morgan fingerprint density at radius 1 is 1.17 bits per heavy atom. The highest BCUT2D eigenvalue weighted by molar-refractivity contribution is 6.29. The average molecular weight is 269 g/mol. The molecular formula is C13H13ClO4. The molecule has 0 saturated carbocycles. The fourth-order valence-corrected chi connectivity index (χ4v) is 1.94. The van der Waals surface area contributed by atoms with E-state index in [0.29, 0.717) is 22.6 Å². The Kier molecular flexibility index (Phi) is 3.79. The number of furan rings is 1. The molecule has 0 radical (unpaired) electrons. The quantitative estimate of drug-likeness (QED) is 0.926. The smallest absolute Gasteiger partial charge is 0.199 e. The van der Waals surface area contributed by atoms with Crippen LogP contribution >= 0.6 is 11.6 Å². The second-order valence-corrected chi connectivity index (χ2v) is 4.00. The Bertz CT molecular complexity index is 536. The molecule has 18 heavy (non-hydrogen) atoms. The Hall–Kier alpha value is -1.65. The molecule has 0 spiro atoms. The molecule has 2 rings (SSSR count). The number of methoxy groups -OCH3 is 2. The normalized spacial score (nSPS) is 12.2. The van der Waals surface area contributed by atoms with Crippen LogP contribution in [0.1, 0.15) is 17.2 Å². The zero-order valence-corrected chi connectivity index (χ0v) is 10.8. The maximum Gasteiger partial charge on any atom is 0.199 e. The number of rotatable bonds is 4. The first-order valence-corrected chi connectivity index (χ1v) is 5.68. The van der Waals surface area contributed by atoms with Crippen molar-refractivity contribution in [3.8, 4) is 11.5 Å². The summed E-state index contributed by atoms with van der Waals surface area (Å²) in [4.78, 5) is 0. The van der Waals surface area contributed by atoms with E-state index in [0.717, 1.165) is 0 Å². The van der Waals surface area contributed by atoms with Crippen molar-refractivity contribution in [2.45, 2.75) is 6.10 Å². The zero-order chi connectivity index (χ0) is 13.1. The van der Waals surface area contributed by atoms with E-state index in [1.165, 1.54) is 13.4 Å². The Labute approximate surface area is 110 Å². The molecule has 5 heteroatoms. The summed E-state index contributed by atoms with van der Waals surface area (Å²) in [5.41, 5.74) is 1.06. The molecule has 4 nitrogen and oxygen atoms in total. The van der Waals surface area contributed by atoms with Crippen LogP contribution in [0, 0.1) is 0 Å². The monoisotopic (exact) mass is 268 g/mol. The molecule has 1 unspecified atom stereocenters. The van der Waals surface area contributed by atoms with Crippen LogP contribution in [-0.4, -0.2) is 19.3 Å². The first-order chi connectivity index (χ1) is 8.67. The molecule has 1 heterocycles. The summed E-state index contributed by atoms with van der Waals surface area (Å²) in [5, 5.41) is 10.5. The Balaban J connectivity index is 2.45. The summed E-state index contributed by atoms with van der Waals surface area (Å²) in [6, 6.07) is 6.80. The van der Waals surface area contributed by atoms with Crippen molar-refractivity contribution in [3.05, 3.63) is 46.9 Å². The molecule has 0 aliphatic rings. The van der Waals surface area contributed by atoms with Gasteiger partial charge in [-0.1, -0.05) is 0 Å². The number of aliphatic hydroxyl groups is 1. The molecule has 1 aromatic carbocycles. The maximum absolute atomic E-state index is 10.3. The summed E-state index contributed by atoms with van der Waals surface area (Å²) in [5.74, 6) is 1.19. The van der Waals surface area contributed by atoms with Gasteiger partial charge in [0.25, 0.3) is 0 Å². The molecule has 0 aliphatic heterocycles. The molecular weight excluding hydrogens is 256 g/mol. The summed E-state index contributed by atoms with van der Waals surface area (Å²) in [6.45, 7) is 0. The van der Waals surface area contributed by atoms with Gasteiger partial charge in [-0.3, -0.25) is 0 Å². The highest BCUT2D eigenvalue weighted by atomic mass is 35.5. The second-order valence-electron chi connectivity index (χ2n) is 3.66. The van der Waals surface area contributed by atoms with Gasteiger partial charge in [-0.05, 0) is 35.9 Å². The van der Waals surface area contributed by atoms with E-state index in [-0.39, 0.29) is 5.22 Å². The first kappa shape index (κ1) is 12.8. The van der Waals surface area contributed by atoms with Crippen LogP contribution in [0.3, 0.4) is 0 Å². The second kappa shape index (κ2) is 5.33. The molecule has 0 aliphatic carbocycles. The van der Waals surface area contributed by atoms with Gasteiger partial charge in [-0.15, -0.1) is 0 Å². The highest BCUT2D eigenvalue weighted by Gasteiger charge is 2.20. The van der Waals surface area contributed by atoms with E-state index < -0.39 is 6.10 Å². The predicted molar refractivity (Wildman–Crippen MR) is 67.3 cm³/mol. The molecule has 1 atom stereocenters. The lowest BCUT2D eigenvalue weighted by Gasteiger charge is -2.15. The molecule has 0 saturated heterocycles. The van der Waals surface area contributed by atoms with E-state index in [2.05, 4.69) is 0 Å². The van der Waals surface area contributed by atoms with Crippen molar-refractivity contribution in [3.63, 3.8) is 0 Å². The molecule has 0 bridgehead atoms. The zero-order valence-electron chi connectivity index (χ0n) is 10.0. The number of benzene rings is 1. The fourth-order valence-electron chi connectivity index (χ4n) is 1.72. The predicted octanol–water partition coefficient (Wildman–Crippen LogP) is 3.03. The highest BCUT2D eigenvalue weighted by Crippen LogP contribution is 2.35. The third-order valence-electron chi connectivity index (χ3n) is 2.67. The number of hydrogen-bond acceptors (Lipinski definition) is 4. The van der Waals surface area contributed by atoms with Crippen molar-refractivity contribution in [2.24, 2.45) is 0 Å². The maximum atomic E-state index is 10.3. The van der Waals surface area contributed by atoms with Gasteiger partial charge in [0.05, 0.1) is 20.5 Å². The molecule has 0 fully saturated rings. The minimum Gasteiger partial charge on any atom is -0.497 e. The Morgan fingerprint density at radius 2 is 1.94 bits per heavy atom.